The highest BCUT2D eigenvalue weighted by Crippen LogP contribution is 2.63. The molecule has 3 heteroatoms. The maximum absolute atomic E-state index is 5.35. The molecule has 14 atom stereocenters. The molecule has 4 saturated carbocycles. The molecule has 0 radical (unpaired) electrons. The van der Waals surface area contributed by atoms with Gasteiger partial charge >= 0.3 is 0 Å². The van der Waals surface area contributed by atoms with E-state index in [-0.39, 0.29) is 0 Å². The van der Waals surface area contributed by atoms with Crippen molar-refractivity contribution in [2.24, 2.45) is 59.2 Å². The van der Waals surface area contributed by atoms with Gasteiger partial charge in [-0.2, -0.15) is 12.6 Å². The van der Waals surface area contributed by atoms with Crippen LogP contribution >= 0.6 is 44.5 Å². The third-order valence-corrected chi connectivity index (χ3v) is 11.8. The van der Waals surface area contributed by atoms with Crippen LogP contribution in [0.4, 0.5) is 0 Å². The molecular weight excluding hydrogens is 454 g/mol. The highest BCUT2D eigenvalue weighted by atomic mass is 127. The van der Waals surface area contributed by atoms with Crippen LogP contribution in [-0.2, 0) is 0 Å². The van der Waals surface area contributed by atoms with E-state index >= 15 is 0 Å². The highest BCUT2D eigenvalue weighted by molar-refractivity contribution is 14.1. The molecule has 0 spiro atoms. The van der Waals surface area contributed by atoms with Crippen LogP contribution in [0.3, 0.4) is 0 Å². The molecule has 0 bridgehead atoms. The Balaban J connectivity index is 1.71. The molecule has 0 aromatic carbocycles. The van der Waals surface area contributed by atoms with E-state index in [1.807, 2.05) is 0 Å². The molecule has 0 N–H and O–H groups in total. The van der Waals surface area contributed by atoms with Gasteiger partial charge < -0.3 is 0 Å². The SMILES string of the molecule is CC1CCC(P)C2C1C(C)C1C(C)C(C)C3CC(I)CC3CC(S)C12. The molecule has 4 aliphatic carbocycles. The maximum Gasteiger partial charge on any atom is 0.0115 e. The minimum Gasteiger partial charge on any atom is -0.176 e. The van der Waals surface area contributed by atoms with E-state index in [2.05, 4.69) is 59.5 Å². The van der Waals surface area contributed by atoms with Gasteiger partial charge in [0.05, 0.1) is 0 Å². The topological polar surface area (TPSA) is 0 Å². The number of alkyl halides is 1. The first-order chi connectivity index (χ1) is 11.8. The number of halogens is 1. The third kappa shape index (κ3) is 3.19. The van der Waals surface area contributed by atoms with Crippen LogP contribution in [0.1, 0.15) is 59.8 Å². The van der Waals surface area contributed by atoms with Crippen molar-refractivity contribution in [3.05, 3.63) is 0 Å². The molecule has 0 aliphatic heterocycles. The molecule has 4 rings (SSSR count). The van der Waals surface area contributed by atoms with Gasteiger partial charge in [0.1, 0.15) is 0 Å². The molecule has 0 nitrogen and oxygen atoms in total. The Morgan fingerprint density at radius 3 is 2.24 bits per heavy atom. The molecule has 0 amide bonds. The average Bonchev–Trinajstić information content (AvgIpc) is 3.07. The predicted octanol–water partition coefficient (Wildman–Crippen LogP) is 6.58. The number of rotatable bonds is 0. The van der Waals surface area contributed by atoms with Crippen molar-refractivity contribution in [3.63, 3.8) is 0 Å². The monoisotopic (exact) mass is 492 g/mol. The van der Waals surface area contributed by atoms with Gasteiger partial charge in [-0.05, 0) is 96.9 Å². The Morgan fingerprint density at radius 1 is 0.800 bits per heavy atom. The lowest BCUT2D eigenvalue weighted by Gasteiger charge is -2.45. The smallest absolute Gasteiger partial charge is 0.0115 e. The Morgan fingerprint density at radius 2 is 1.52 bits per heavy atom. The zero-order valence-corrected chi connectivity index (χ0v) is 20.7. The largest absolute Gasteiger partial charge is 0.176 e. The van der Waals surface area contributed by atoms with Gasteiger partial charge in [-0.15, -0.1) is 9.24 Å². The first-order valence-corrected chi connectivity index (χ1v) is 13.3. The highest BCUT2D eigenvalue weighted by Gasteiger charge is 2.58. The summed E-state index contributed by atoms with van der Waals surface area (Å²) in [7, 11) is 3.28. The van der Waals surface area contributed by atoms with Gasteiger partial charge in [0, 0.05) is 9.17 Å². The van der Waals surface area contributed by atoms with E-state index in [9.17, 15) is 0 Å². The Kier molecular flexibility index (Phi) is 5.86. The summed E-state index contributed by atoms with van der Waals surface area (Å²) in [5.74, 6) is 9.14. The molecule has 14 unspecified atom stereocenters. The van der Waals surface area contributed by atoms with Crippen LogP contribution in [0.25, 0.3) is 0 Å². The summed E-state index contributed by atoms with van der Waals surface area (Å²) in [5, 5.41) is 0.639. The third-order valence-electron chi connectivity index (χ3n) is 9.45. The van der Waals surface area contributed by atoms with Gasteiger partial charge in [-0.25, -0.2) is 0 Å². The molecule has 25 heavy (non-hydrogen) atoms. The molecule has 0 saturated heterocycles. The summed E-state index contributed by atoms with van der Waals surface area (Å²) < 4.78 is 0.912. The van der Waals surface area contributed by atoms with E-state index in [4.69, 9.17) is 12.6 Å². The van der Waals surface area contributed by atoms with E-state index < -0.39 is 0 Å². The minimum atomic E-state index is 0.639. The number of fused-ring (bicyclic) bond motifs is 4. The van der Waals surface area contributed by atoms with Crippen molar-refractivity contribution in [2.75, 3.05) is 0 Å². The zero-order valence-electron chi connectivity index (χ0n) is 16.4. The normalized spacial score (nSPS) is 61.8. The van der Waals surface area contributed by atoms with Crippen molar-refractivity contribution in [1.29, 1.82) is 0 Å². The number of hydrogen-bond donors (Lipinski definition) is 1. The molecule has 0 aromatic rings. The second-order valence-corrected chi connectivity index (χ2v) is 13.7. The van der Waals surface area contributed by atoms with Gasteiger partial charge in [-0.1, -0.05) is 50.3 Å². The zero-order chi connectivity index (χ0) is 18.0. The number of hydrogen-bond acceptors (Lipinski definition) is 1. The molecule has 0 heterocycles. The summed E-state index contributed by atoms with van der Waals surface area (Å²) in [6.45, 7) is 10.4. The van der Waals surface area contributed by atoms with E-state index in [1.54, 1.807) is 0 Å². The Hall–Kier alpha value is 1.51. The first kappa shape index (κ1) is 19.8. The van der Waals surface area contributed by atoms with E-state index in [0.29, 0.717) is 5.25 Å². The molecule has 4 fully saturated rings. The lowest BCUT2D eigenvalue weighted by molar-refractivity contribution is 0.0755. The van der Waals surface area contributed by atoms with Crippen LogP contribution in [0.2, 0.25) is 0 Å². The van der Waals surface area contributed by atoms with Gasteiger partial charge in [-0.3, -0.25) is 0 Å². The fourth-order valence-electron chi connectivity index (χ4n) is 8.33. The van der Waals surface area contributed by atoms with Crippen LogP contribution in [0, 0.1) is 59.2 Å². The maximum atomic E-state index is 5.35. The standard InChI is InChI=1S/C22H38IPS/c1-10-5-6-17(24)21-19(10)13(4)20-12(3)11(2)16-9-15(23)7-14(16)8-18(25)22(20)21/h10-22,25H,5-9,24H2,1-4H3. The van der Waals surface area contributed by atoms with Crippen molar-refractivity contribution in [1.82, 2.24) is 0 Å². The second-order valence-electron chi connectivity index (χ2n) is 10.4. The fourth-order valence-corrected chi connectivity index (χ4v) is 10.9. The van der Waals surface area contributed by atoms with Crippen LogP contribution in [-0.4, -0.2) is 14.8 Å². The van der Waals surface area contributed by atoms with Crippen molar-refractivity contribution in [3.8, 4) is 0 Å². The summed E-state index contributed by atoms with van der Waals surface area (Å²) in [6.07, 6.45) is 7.20. The quantitative estimate of drug-likeness (QED) is 0.168. The molecular formula is C22H38IPS. The summed E-state index contributed by atoms with van der Waals surface area (Å²) >= 11 is 8.08. The lowest BCUT2D eigenvalue weighted by atomic mass is 9.63. The van der Waals surface area contributed by atoms with Crippen LogP contribution in [0.15, 0.2) is 0 Å². The fraction of sp³-hybridized carbons (Fsp3) is 1.00. The summed E-state index contributed by atoms with van der Waals surface area (Å²) in [6, 6.07) is 0. The Bertz CT molecular complexity index is 498. The van der Waals surface area contributed by atoms with E-state index in [0.717, 1.165) is 68.8 Å². The van der Waals surface area contributed by atoms with Gasteiger partial charge in [0.2, 0.25) is 0 Å². The minimum absolute atomic E-state index is 0.639. The molecule has 144 valence electrons. The van der Waals surface area contributed by atoms with Crippen molar-refractivity contribution >= 4 is 44.5 Å². The first-order valence-electron chi connectivity index (χ1n) is 10.9. The van der Waals surface area contributed by atoms with Crippen LogP contribution < -0.4 is 0 Å². The molecule has 4 aliphatic rings. The summed E-state index contributed by atoms with van der Waals surface area (Å²) in [4.78, 5) is 0. The predicted molar refractivity (Wildman–Crippen MR) is 125 cm³/mol. The van der Waals surface area contributed by atoms with Crippen molar-refractivity contribution in [2.45, 2.75) is 74.6 Å². The van der Waals surface area contributed by atoms with Crippen molar-refractivity contribution < 1.29 is 0 Å². The molecule has 0 aromatic heterocycles. The summed E-state index contributed by atoms with van der Waals surface area (Å²) in [5.41, 5.74) is 0.840. The second kappa shape index (κ2) is 7.40. The Labute approximate surface area is 177 Å². The number of thiol groups is 1. The lowest BCUT2D eigenvalue weighted by Crippen LogP contribution is -2.42. The van der Waals surface area contributed by atoms with Crippen LogP contribution in [0.5, 0.6) is 0 Å². The van der Waals surface area contributed by atoms with Gasteiger partial charge in [0.25, 0.3) is 0 Å². The van der Waals surface area contributed by atoms with Gasteiger partial charge in [0.15, 0.2) is 0 Å². The average molecular weight is 492 g/mol. The van der Waals surface area contributed by atoms with E-state index in [1.165, 1.54) is 32.1 Å².